The monoisotopic (exact) mass is 197 g/mol. The van der Waals surface area contributed by atoms with E-state index in [9.17, 15) is 17.7 Å². The number of ether oxygens (including phenoxy) is 1. The van der Waals surface area contributed by atoms with Gasteiger partial charge in [-0.25, -0.2) is 0 Å². The molecule has 0 bridgehead atoms. The number of hydrogen-bond acceptors (Lipinski definition) is 2. The first-order valence-corrected chi connectivity index (χ1v) is 4.03. The van der Waals surface area contributed by atoms with E-state index >= 15 is 0 Å². The molecule has 0 atom stereocenters. The lowest BCUT2D eigenvalue weighted by molar-refractivity contribution is -0.154. The van der Waals surface area contributed by atoms with Crippen LogP contribution in [0.15, 0.2) is 0 Å². The Labute approximate surface area is 75.5 Å². The highest BCUT2D eigenvalue weighted by Crippen LogP contribution is 2.18. The lowest BCUT2D eigenvalue weighted by Gasteiger charge is -2.20. The predicted octanol–water partition coefficient (Wildman–Crippen LogP) is 2.57. The molecule has 2 nitrogen and oxygen atoms in total. The SMILES string of the molecule is CC(C)(C)OC(=O)CC[B-](F)(F)F. The smallest absolute Gasteiger partial charge is 0.460 e. The Bertz CT molecular complexity index is 183. The van der Waals surface area contributed by atoms with Crippen molar-refractivity contribution in [2.75, 3.05) is 0 Å². The van der Waals surface area contributed by atoms with Gasteiger partial charge in [-0.3, -0.25) is 4.79 Å². The van der Waals surface area contributed by atoms with Crippen LogP contribution in [0.2, 0.25) is 6.32 Å². The number of carbonyl (C=O) groups excluding carboxylic acids is 1. The predicted molar refractivity (Wildman–Crippen MR) is 44.3 cm³/mol. The summed E-state index contributed by atoms with van der Waals surface area (Å²) in [5.41, 5.74) is -0.713. The molecule has 0 saturated carbocycles. The largest absolute Gasteiger partial charge is 0.478 e. The van der Waals surface area contributed by atoms with E-state index in [1.54, 1.807) is 20.8 Å². The molecule has 0 aliphatic carbocycles. The van der Waals surface area contributed by atoms with E-state index in [4.69, 9.17) is 4.74 Å². The van der Waals surface area contributed by atoms with Gasteiger partial charge in [0.25, 0.3) is 0 Å². The fourth-order valence-electron chi connectivity index (χ4n) is 0.674. The number of carbonyl (C=O) groups is 1. The maximum Gasteiger partial charge on any atom is 0.478 e. The summed E-state index contributed by atoms with van der Waals surface area (Å²) in [5, 5.41) is 0. The Balaban J connectivity index is 3.78. The first kappa shape index (κ1) is 12.3. The number of esters is 1. The fraction of sp³-hybridized carbons (Fsp3) is 0.857. The van der Waals surface area contributed by atoms with E-state index in [-0.39, 0.29) is 0 Å². The maximum atomic E-state index is 11.7. The van der Waals surface area contributed by atoms with Crippen LogP contribution in [-0.4, -0.2) is 18.5 Å². The molecule has 0 aromatic carbocycles. The zero-order valence-electron chi connectivity index (χ0n) is 7.94. The summed E-state index contributed by atoms with van der Waals surface area (Å²) in [4.78, 5) is 10.8. The molecule has 0 aliphatic rings. The molecule has 0 amide bonds. The van der Waals surface area contributed by atoms with E-state index in [0.29, 0.717) is 0 Å². The van der Waals surface area contributed by atoms with E-state index in [2.05, 4.69) is 0 Å². The minimum Gasteiger partial charge on any atom is -0.460 e. The molecule has 0 radical (unpaired) electrons. The average Bonchev–Trinajstić information content (AvgIpc) is 1.78. The van der Waals surface area contributed by atoms with E-state index < -0.39 is 31.3 Å². The Kier molecular flexibility index (Phi) is 3.81. The van der Waals surface area contributed by atoms with Crippen LogP contribution >= 0.6 is 0 Å². The summed E-state index contributed by atoms with van der Waals surface area (Å²) in [6.45, 7) is -0.0362. The molecule has 0 heterocycles. The highest BCUT2D eigenvalue weighted by atomic mass is 19.4. The third-order valence-electron chi connectivity index (χ3n) is 1.10. The van der Waals surface area contributed by atoms with E-state index in [0.717, 1.165) is 0 Å². The minimum atomic E-state index is -4.88. The Morgan fingerprint density at radius 1 is 1.31 bits per heavy atom. The molecule has 6 heteroatoms. The second-order valence-electron chi connectivity index (χ2n) is 3.84. The summed E-state index contributed by atoms with van der Waals surface area (Å²) >= 11 is 0. The maximum absolute atomic E-state index is 11.7. The molecule has 0 saturated heterocycles. The van der Waals surface area contributed by atoms with Gasteiger partial charge in [0.1, 0.15) is 5.60 Å². The van der Waals surface area contributed by atoms with Crippen LogP contribution in [0.3, 0.4) is 0 Å². The molecule has 0 aromatic rings. The van der Waals surface area contributed by atoms with Crippen LogP contribution in [0.5, 0.6) is 0 Å². The highest BCUT2D eigenvalue weighted by molar-refractivity contribution is 6.58. The molecule has 0 rings (SSSR count). The first-order chi connectivity index (χ1) is 5.60. The first-order valence-electron chi connectivity index (χ1n) is 4.03. The van der Waals surface area contributed by atoms with Gasteiger partial charge in [0.05, 0.1) is 0 Å². The van der Waals surface area contributed by atoms with E-state index in [1.165, 1.54) is 0 Å². The zero-order valence-corrected chi connectivity index (χ0v) is 7.94. The molecule has 13 heavy (non-hydrogen) atoms. The van der Waals surface area contributed by atoms with Crippen molar-refractivity contribution in [2.45, 2.75) is 39.1 Å². The lowest BCUT2D eigenvalue weighted by atomic mass is 9.84. The van der Waals surface area contributed by atoms with Gasteiger partial charge in [-0.05, 0) is 20.8 Å². The van der Waals surface area contributed by atoms with Crippen LogP contribution in [0, 0.1) is 0 Å². The number of halogens is 3. The molecule has 0 unspecified atom stereocenters. The number of hydrogen-bond donors (Lipinski definition) is 0. The van der Waals surface area contributed by atoms with Gasteiger partial charge in [-0.2, -0.15) is 0 Å². The molecule has 0 aliphatic heterocycles. The Morgan fingerprint density at radius 2 is 1.77 bits per heavy atom. The summed E-state index contributed by atoms with van der Waals surface area (Å²) in [5.74, 6) is -0.799. The number of rotatable bonds is 3. The van der Waals surface area contributed by atoms with Crippen molar-refractivity contribution < 1.29 is 22.5 Å². The molecule has 0 fully saturated rings. The quantitative estimate of drug-likeness (QED) is 0.513. The molecule has 0 aromatic heterocycles. The fourth-order valence-corrected chi connectivity index (χ4v) is 0.674. The lowest BCUT2D eigenvalue weighted by Crippen LogP contribution is -2.25. The van der Waals surface area contributed by atoms with Crippen molar-refractivity contribution in [1.29, 1.82) is 0 Å². The van der Waals surface area contributed by atoms with Crippen molar-refractivity contribution in [3.8, 4) is 0 Å². The standard InChI is InChI=1S/C7H13BF3O2/c1-7(2,3)13-6(12)4-5-8(9,10)11/h4-5H2,1-3H3/q-1. The van der Waals surface area contributed by atoms with Crippen LogP contribution in [0.1, 0.15) is 27.2 Å². The Morgan fingerprint density at radius 3 is 2.08 bits per heavy atom. The van der Waals surface area contributed by atoms with Crippen LogP contribution in [0.25, 0.3) is 0 Å². The minimum absolute atomic E-state index is 0.583. The van der Waals surface area contributed by atoms with Crippen LogP contribution < -0.4 is 0 Å². The summed E-state index contributed by atoms with van der Waals surface area (Å²) < 4.78 is 39.8. The van der Waals surface area contributed by atoms with Gasteiger partial charge in [0, 0.05) is 6.42 Å². The van der Waals surface area contributed by atoms with Gasteiger partial charge in [-0.15, -0.1) is 0 Å². The van der Waals surface area contributed by atoms with Crippen molar-refractivity contribution in [2.24, 2.45) is 0 Å². The molecular formula is C7H13BF3O2-. The van der Waals surface area contributed by atoms with Crippen molar-refractivity contribution in [3.05, 3.63) is 0 Å². The average molecular weight is 197 g/mol. The van der Waals surface area contributed by atoms with Crippen molar-refractivity contribution in [3.63, 3.8) is 0 Å². The molecule has 78 valence electrons. The third-order valence-corrected chi connectivity index (χ3v) is 1.10. The molecular weight excluding hydrogens is 184 g/mol. The van der Waals surface area contributed by atoms with Crippen LogP contribution in [0.4, 0.5) is 12.9 Å². The molecule has 0 N–H and O–H groups in total. The van der Waals surface area contributed by atoms with Gasteiger partial charge in [0.2, 0.25) is 0 Å². The summed E-state index contributed by atoms with van der Waals surface area (Å²) in [7, 11) is 0. The topological polar surface area (TPSA) is 26.3 Å². The van der Waals surface area contributed by atoms with Gasteiger partial charge in [0.15, 0.2) is 0 Å². The second kappa shape index (κ2) is 4.02. The Hall–Kier alpha value is -0.675. The summed E-state index contributed by atoms with van der Waals surface area (Å²) in [6.07, 6.45) is -1.64. The zero-order chi connectivity index (χ0) is 10.7. The van der Waals surface area contributed by atoms with Gasteiger partial charge < -0.3 is 17.7 Å². The van der Waals surface area contributed by atoms with Gasteiger partial charge >= 0.3 is 12.9 Å². The highest BCUT2D eigenvalue weighted by Gasteiger charge is 2.25. The summed E-state index contributed by atoms with van der Waals surface area (Å²) in [6, 6.07) is 0. The van der Waals surface area contributed by atoms with Gasteiger partial charge in [-0.1, -0.05) is 6.32 Å². The van der Waals surface area contributed by atoms with Crippen LogP contribution in [-0.2, 0) is 9.53 Å². The second-order valence-corrected chi connectivity index (χ2v) is 3.84. The van der Waals surface area contributed by atoms with Crippen molar-refractivity contribution in [1.82, 2.24) is 0 Å². The third kappa shape index (κ3) is 9.24. The van der Waals surface area contributed by atoms with E-state index in [1.807, 2.05) is 0 Å². The normalized spacial score (nSPS) is 12.8. The van der Waals surface area contributed by atoms with Crippen molar-refractivity contribution >= 4 is 12.9 Å². The molecule has 0 spiro atoms.